The van der Waals surface area contributed by atoms with Crippen LogP contribution in [0.4, 0.5) is 0 Å². The van der Waals surface area contributed by atoms with Crippen LogP contribution in [0.25, 0.3) is 0 Å². The van der Waals surface area contributed by atoms with Crippen molar-refractivity contribution in [2.45, 2.75) is 12.5 Å². The Kier molecular flexibility index (Phi) is 5.45. The molecule has 0 radical (unpaired) electrons. The van der Waals surface area contributed by atoms with Crippen molar-refractivity contribution < 1.29 is 15.0 Å². The van der Waals surface area contributed by atoms with E-state index in [0.717, 1.165) is 0 Å². The van der Waals surface area contributed by atoms with E-state index in [0.29, 0.717) is 23.5 Å². The molecule has 94 valence electrons. The molecule has 0 unspecified atom stereocenters. The lowest BCUT2D eigenvalue weighted by Crippen LogP contribution is -2.32. The Morgan fingerprint density at radius 1 is 1.12 bits per heavy atom. The number of carboxylic acid groups (broad SMARTS) is 1. The maximum atomic E-state index is 10.7. The van der Waals surface area contributed by atoms with Crippen molar-refractivity contribution in [1.29, 1.82) is 0 Å². The number of halogens is 4. The first-order valence-corrected chi connectivity index (χ1v) is 7.46. The summed E-state index contributed by atoms with van der Waals surface area (Å²) < 4.78 is 2.03. The number of nitrogens with two attached hydrogens (primary N) is 1. The molecule has 4 N–H and O–H groups in total. The molecule has 0 fully saturated rings. The van der Waals surface area contributed by atoms with Crippen LogP contribution >= 0.6 is 63.7 Å². The van der Waals surface area contributed by atoms with E-state index >= 15 is 0 Å². The lowest BCUT2D eigenvalue weighted by Gasteiger charge is -2.15. The molecule has 0 aliphatic carbocycles. The van der Waals surface area contributed by atoms with Crippen LogP contribution in [-0.2, 0) is 11.2 Å². The second-order valence-corrected chi connectivity index (χ2v) is 6.40. The smallest absolute Gasteiger partial charge is 0.320 e. The van der Waals surface area contributed by atoms with Gasteiger partial charge in [0.2, 0.25) is 0 Å². The molecule has 0 aliphatic rings. The molecule has 0 aromatic heterocycles. The highest BCUT2D eigenvalue weighted by molar-refractivity contribution is 9.14. The molecule has 1 aromatic rings. The molecule has 0 saturated carbocycles. The van der Waals surface area contributed by atoms with Gasteiger partial charge < -0.3 is 15.9 Å². The van der Waals surface area contributed by atoms with Crippen LogP contribution in [-0.4, -0.2) is 22.2 Å². The topological polar surface area (TPSA) is 83.5 Å². The Bertz CT molecular complexity index is 449. The third kappa shape index (κ3) is 3.23. The van der Waals surface area contributed by atoms with Crippen molar-refractivity contribution in [3.8, 4) is 5.75 Å². The van der Waals surface area contributed by atoms with Gasteiger partial charge in [-0.1, -0.05) is 0 Å². The van der Waals surface area contributed by atoms with Gasteiger partial charge >= 0.3 is 5.97 Å². The van der Waals surface area contributed by atoms with E-state index in [9.17, 15) is 9.90 Å². The van der Waals surface area contributed by atoms with Gasteiger partial charge in [0.1, 0.15) is 11.8 Å². The normalized spacial score (nSPS) is 12.5. The van der Waals surface area contributed by atoms with Crippen molar-refractivity contribution >= 4 is 69.7 Å². The van der Waals surface area contributed by atoms with Crippen molar-refractivity contribution in [2.24, 2.45) is 5.73 Å². The fourth-order valence-electron chi connectivity index (χ4n) is 1.15. The summed E-state index contributed by atoms with van der Waals surface area (Å²) in [6, 6.07) is -1.01. The van der Waals surface area contributed by atoms with E-state index in [1.54, 1.807) is 0 Å². The summed E-state index contributed by atoms with van der Waals surface area (Å²) in [7, 11) is 0. The molecule has 17 heavy (non-hydrogen) atoms. The maximum absolute atomic E-state index is 10.7. The fourth-order valence-corrected chi connectivity index (χ4v) is 3.65. The van der Waals surface area contributed by atoms with Gasteiger partial charge in [0, 0.05) is 15.4 Å². The second-order valence-electron chi connectivity index (χ2n) is 3.23. The first kappa shape index (κ1) is 15.4. The molecule has 0 amide bonds. The summed E-state index contributed by atoms with van der Waals surface area (Å²) in [6.45, 7) is 0. The number of carbonyl (C=O) groups is 1. The zero-order valence-corrected chi connectivity index (χ0v) is 14.5. The Morgan fingerprint density at radius 2 is 1.53 bits per heavy atom. The standard InChI is InChI=1S/C9H7Br4NO3/c10-4-2(1-3(14)9(16)17)5(11)7(13)8(15)6(4)12/h3,15H,1,14H2,(H,16,17)/t3-/m0/s1. The number of carboxylic acids is 1. The third-order valence-electron chi connectivity index (χ3n) is 2.07. The van der Waals surface area contributed by atoms with Crippen molar-refractivity contribution in [1.82, 2.24) is 0 Å². The van der Waals surface area contributed by atoms with E-state index in [1.165, 1.54) is 0 Å². The molecule has 0 aliphatic heterocycles. The number of hydrogen-bond acceptors (Lipinski definition) is 3. The van der Waals surface area contributed by atoms with E-state index in [4.69, 9.17) is 10.8 Å². The van der Waals surface area contributed by atoms with E-state index in [1.807, 2.05) is 0 Å². The first-order valence-electron chi connectivity index (χ1n) is 4.29. The van der Waals surface area contributed by atoms with Gasteiger partial charge in [0.15, 0.2) is 0 Å². The molecule has 8 heteroatoms. The van der Waals surface area contributed by atoms with E-state index in [2.05, 4.69) is 63.7 Å². The number of aliphatic carboxylic acids is 1. The molecule has 0 bridgehead atoms. The summed E-state index contributed by atoms with van der Waals surface area (Å²) in [4.78, 5) is 10.7. The summed E-state index contributed by atoms with van der Waals surface area (Å²) in [6.07, 6.45) is 0.133. The van der Waals surface area contributed by atoms with Gasteiger partial charge in [0.25, 0.3) is 0 Å². The summed E-state index contributed by atoms with van der Waals surface area (Å²) >= 11 is 13.0. The van der Waals surface area contributed by atoms with Gasteiger partial charge in [-0.05, 0) is 69.3 Å². The van der Waals surface area contributed by atoms with Gasteiger partial charge in [-0.2, -0.15) is 0 Å². The average molecular weight is 497 g/mol. The zero-order valence-electron chi connectivity index (χ0n) is 8.18. The Hall–Kier alpha value is 0.370. The molecule has 4 nitrogen and oxygen atoms in total. The highest BCUT2D eigenvalue weighted by atomic mass is 79.9. The molecule has 1 atom stereocenters. The predicted octanol–water partition coefficient (Wildman–Crippen LogP) is 3.40. The number of phenols is 1. The zero-order chi connectivity index (χ0) is 13.3. The summed E-state index contributed by atoms with van der Waals surface area (Å²) in [5.41, 5.74) is 6.15. The SMILES string of the molecule is N[C@@H](Cc1c(Br)c(Br)c(O)c(Br)c1Br)C(=O)O. The lowest BCUT2D eigenvalue weighted by molar-refractivity contribution is -0.138. The van der Waals surface area contributed by atoms with Gasteiger partial charge in [-0.15, -0.1) is 0 Å². The Morgan fingerprint density at radius 3 is 1.88 bits per heavy atom. The third-order valence-corrected chi connectivity index (χ3v) is 6.43. The van der Waals surface area contributed by atoms with E-state index < -0.39 is 12.0 Å². The fraction of sp³-hybridized carbons (Fsp3) is 0.222. The number of benzene rings is 1. The molecule has 1 aromatic carbocycles. The lowest BCUT2D eigenvalue weighted by atomic mass is 10.1. The van der Waals surface area contributed by atoms with Crippen LogP contribution in [0, 0.1) is 0 Å². The number of hydrogen-bond donors (Lipinski definition) is 3. The Balaban J connectivity index is 3.30. The van der Waals surface area contributed by atoms with Crippen LogP contribution in [0.15, 0.2) is 17.9 Å². The van der Waals surface area contributed by atoms with Gasteiger partial charge in [-0.3, -0.25) is 4.79 Å². The number of rotatable bonds is 3. The summed E-state index contributed by atoms with van der Waals surface area (Å²) in [5, 5.41) is 18.5. The van der Waals surface area contributed by atoms with Crippen molar-refractivity contribution in [3.05, 3.63) is 23.5 Å². The summed E-state index contributed by atoms with van der Waals surface area (Å²) in [5.74, 6) is -1.06. The Labute approximate surface area is 131 Å². The van der Waals surface area contributed by atoms with Crippen LogP contribution in [0.1, 0.15) is 5.56 Å². The van der Waals surface area contributed by atoms with Gasteiger partial charge in [-0.25, -0.2) is 0 Å². The van der Waals surface area contributed by atoms with Crippen molar-refractivity contribution in [2.75, 3.05) is 0 Å². The average Bonchev–Trinajstić information content (AvgIpc) is 2.29. The molecule has 1 rings (SSSR count). The van der Waals surface area contributed by atoms with E-state index in [-0.39, 0.29) is 12.2 Å². The van der Waals surface area contributed by atoms with Crippen LogP contribution in [0.5, 0.6) is 5.75 Å². The molecule has 0 saturated heterocycles. The largest absolute Gasteiger partial charge is 0.505 e. The minimum Gasteiger partial charge on any atom is -0.505 e. The maximum Gasteiger partial charge on any atom is 0.320 e. The van der Waals surface area contributed by atoms with Crippen molar-refractivity contribution in [3.63, 3.8) is 0 Å². The highest BCUT2D eigenvalue weighted by Gasteiger charge is 2.22. The number of phenolic OH excluding ortho intramolecular Hbond substituents is 1. The minimum atomic E-state index is -1.08. The minimum absolute atomic E-state index is 0.0244. The second kappa shape index (κ2) is 6.01. The van der Waals surface area contributed by atoms with Crippen LogP contribution in [0.2, 0.25) is 0 Å². The van der Waals surface area contributed by atoms with Gasteiger partial charge in [0.05, 0.1) is 8.95 Å². The monoisotopic (exact) mass is 493 g/mol. The molecule has 0 spiro atoms. The van der Waals surface area contributed by atoms with Crippen LogP contribution in [0.3, 0.4) is 0 Å². The van der Waals surface area contributed by atoms with Crippen LogP contribution < -0.4 is 5.73 Å². The quantitative estimate of drug-likeness (QED) is 0.560. The predicted molar refractivity (Wildman–Crippen MR) is 78.2 cm³/mol. The number of aromatic hydroxyl groups is 1. The highest BCUT2D eigenvalue weighted by Crippen LogP contribution is 2.45. The first-order chi connectivity index (χ1) is 7.77. The molecular weight excluding hydrogens is 490 g/mol. The molecule has 0 heterocycles. The molecular formula is C9H7Br4NO3.